The monoisotopic (exact) mass is 335 g/mol. The molecule has 0 aromatic carbocycles. The molecule has 2 N–H and O–H groups in total. The van der Waals surface area contributed by atoms with Gasteiger partial charge >= 0.3 is 5.97 Å². The first kappa shape index (κ1) is 15.7. The summed E-state index contributed by atoms with van der Waals surface area (Å²) < 4.78 is 5.23. The van der Waals surface area contributed by atoms with Crippen molar-refractivity contribution < 1.29 is 14.3 Å². The average Bonchev–Trinajstić information content (AvgIpc) is 3.20. The Morgan fingerprint density at radius 2 is 2.09 bits per heavy atom. The Labute approximate surface area is 136 Å². The van der Waals surface area contributed by atoms with Crippen molar-refractivity contribution in [1.29, 1.82) is 0 Å². The van der Waals surface area contributed by atoms with E-state index in [2.05, 4.69) is 15.3 Å². The van der Waals surface area contributed by atoms with Gasteiger partial charge < -0.3 is 15.0 Å². The maximum atomic E-state index is 12.3. The molecule has 23 heavy (non-hydrogen) atoms. The van der Waals surface area contributed by atoms with Crippen molar-refractivity contribution in [1.82, 2.24) is 15.3 Å². The molecule has 0 saturated heterocycles. The van der Waals surface area contributed by atoms with Crippen molar-refractivity contribution in [3.05, 3.63) is 26.6 Å². The number of aromatic nitrogens is 2. The number of esters is 1. The summed E-state index contributed by atoms with van der Waals surface area (Å²) in [5.41, 5.74) is 0.248. The third-order valence-electron chi connectivity index (χ3n) is 3.68. The molecule has 1 saturated carbocycles. The van der Waals surface area contributed by atoms with Gasteiger partial charge in [0.05, 0.1) is 5.39 Å². The molecule has 1 atom stereocenters. The van der Waals surface area contributed by atoms with Gasteiger partial charge in [-0.2, -0.15) is 0 Å². The molecule has 8 heteroatoms. The number of hydrogen-bond acceptors (Lipinski definition) is 6. The van der Waals surface area contributed by atoms with Crippen molar-refractivity contribution in [2.24, 2.45) is 0 Å². The first-order valence-electron chi connectivity index (χ1n) is 7.38. The molecule has 1 amide bonds. The number of nitrogens with one attached hydrogen (secondary N) is 2. The number of aryl methyl sites for hydroxylation is 2. The average molecular weight is 335 g/mol. The lowest BCUT2D eigenvalue weighted by molar-refractivity contribution is -0.129. The van der Waals surface area contributed by atoms with Gasteiger partial charge in [-0.1, -0.05) is 0 Å². The van der Waals surface area contributed by atoms with E-state index in [1.165, 1.54) is 6.92 Å². The van der Waals surface area contributed by atoms with Gasteiger partial charge in [-0.15, -0.1) is 11.3 Å². The molecular weight excluding hydrogens is 318 g/mol. The Balaban J connectivity index is 1.83. The summed E-state index contributed by atoms with van der Waals surface area (Å²) in [6.07, 6.45) is 1.06. The number of H-pyrrole nitrogens is 1. The normalized spacial score (nSPS) is 15.4. The number of rotatable bonds is 4. The summed E-state index contributed by atoms with van der Waals surface area (Å²) in [5, 5.41) is 3.18. The fourth-order valence-electron chi connectivity index (χ4n) is 2.26. The van der Waals surface area contributed by atoms with Gasteiger partial charge in [0.25, 0.3) is 11.5 Å². The number of carbonyl (C=O) groups excluding carboxylic acids is 2. The summed E-state index contributed by atoms with van der Waals surface area (Å²) in [6.45, 7) is 4.89. The maximum absolute atomic E-state index is 12.3. The van der Waals surface area contributed by atoms with Crippen LogP contribution in [0.15, 0.2) is 4.79 Å². The molecule has 2 heterocycles. The molecule has 1 fully saturated rings. The van der Waals surface area contributed by atoms with Gasteiger partial charge in [0.2, 0.25) is 0 Å². The zero-order valence-electron chi connectivity index (χ0n) is 13.1. The Morgan fingerprint density at radius 1 is 1.39 bits per heavy atom. The predicted octanol–water partition coefficient (Wildman–Crippen LogP) is 1.43. The molecule has 1 aliphatic rings. The fraction of sp³-hybridized carbons (Fsp3) is 0.467. The fourth-order valence-corrected chi connectivity index (χ4v) is 3.37. The molecule has 0 spiro atoms. The molecule has 1 aliphatic carbocycles. The van der Waals surface area contributed by atoms with Crippen molar-refractivity contribution >= 4 is 33.4 Å². The van der Waals surface area contributed by atoms with Crippen LogP contribution >= 0.6 is 11.3 Å². The first-order valence-corrected chi connectivity index (χ1v) is 8.20. The lowest BCUT2D eigenvalue weighted by Crippen LogP contribution is -2.37. The maximum Gasteiger partial charge on any atom is 0.349 e. The number of hydrogen-bond donors (Lipinski definition) is 2. The van der Waals surface area contributed by atoms with Gasteiger partial charge in [0.1, 0.15) is 15.5 Å². The lowest BCUT2D eigenvalue weighted by Gasteiger charge is -2.12. The number of ether oxygens (including phenoxy) is 1. The standard InChI is InChI=1S/C15H17N3O4S/c1-6-10-13(20)16-8(3)17-14(10)23-11(6)15(21)22-7(2)12(19)18-9-4-5-9/h7,9H,4-5H2,1-3H3,(H,18,19)(H,16,17,20)/t7-/m1/s1. The third-order valence-corrected chi connectivity index (χ3v) is 4.85. The zero-order chi connectivity index (χ0) is 16.7. The van der Waals surface area contributed by atoms with E-state index in [9.17, 15) is 14.4 Å². The van der Waals surface area contributed by atoms with Crippen LogP contribution in [-0.4, -0.2) is 34.0 Å². The highest BCUT2D eigenvalue weighted by molar-refractivity contribution is 7.20. The van der Waals surface area contributed by atoms with Crippen LogP contribution in [0.4, 0.5) is 0 Å². The van der Waals surface area contributed by atoms with Crippen LogP contribution in [0.3, 0.4) is 0 Å². The lowest BCUT2D eigenvalue weighted by atomic mass is 10.2. The minimum atomic E-state index is -0.874. The van der Waals surface area contributed by atoms with Gasteiger partial charge in [0, 0.05) is 6.04 Å². The third kappa shape index (κ3) is 3.12. The van der Waals surface area contributed by atoms with Crippen molar-refractivity contribution in [3.63, 3.8) is 0 Å². The summed E-state index contributed by atoms with van der Waals surface area (Å²) in [5.74, 6) is -0.423. The SMILES string of the molecule is Cc1nc2sc(C(=O)O[C@H](C)C(=O)NC3CC3)c(C)c2c(=O)[nH]1. The number of aromatic amines is 1. The highest BCUT2D eigenvalue weighted by atomic mass is 32.1. The van der Waals surface area contributed by atoms with Gasteiger partial charge in [-0.25, -0.2) is 9.78 Å². The Morgan fingerprint density at radius 3 is 2.74 bits per heavy atom. The first-order chi connectivity index (χ1) is 10.9. The minimum Gasteiger partial charge on any atom is -0.448 e. The molecule has 7 nitrogen and oxygen atoms in total. The van der Waals surface area contributed by atoms with Crippen LogP contribution in [-0.2, 0) is 9.53 Å². The van der Waals surface area contributed by atoms with Gasteiger partial charge in [-0.3, -0.25) is 9.59 Å². The summed E-state index contributed by atoms with van der Waals surface area (Å²) >= 11 is 1.10. The topological polar surface area (TPSA) is 101 Å². The van der Waals surface area contributed by atoms with Crippen LogP contribution < -0.4 is 10.9 Å². The number of nitrogens with zero attached hydrogens (tertiary/aromatic N) is 1. The van der Waals surface area contributed by atoms with Crippen molar-refractivity contribution in [3.8, 4) is 0 Å². The number of fused-ring (bicyclic) bond motifs is 1. The van der Waals surface area contributed by atoms with E-state index in [1.807, 2.05) is 0 Å². The predicted molar refractivity (Wildman–Crippen MR) is 85.8 cm³/mol. The molecular formula is C15H17N3O4S. The molecule has 3 rings (SSSR count). The second-order valence-corrected chi connectivity index (χ2v) is 6.72. The second-order valence-electron chi connectivity index (χ2n) is 5.72. The van der Waals surface area contributed by atoms with Crippen LogP contribution in [0.1, 0.15) is 40.8 Å². The van der Waals surface area contributed by atoms with Crippen LogP contribution in [0.2, 0.25) is 0 Å². The number of carbonyl (C=O) groups is 2. The van der Waals surface area contributed by atoms with E-state index in [4.69, 9.17) is 4.74 Å². The van der Waals surface area contributed by atoms with E-state index in [0.29, 0.717) is 26.5 Å². The molecule has 2 aromatic rings. The van der Waals surface area contributed by atoms with Gasteiger partial charge in [-0.05, 0) is 39.2 Å². The summed E-state index contributed by atoms with van der Waals surface area (Å²) in [4.78, 5) is 43.8. The Bertz CT molecular complexity index is 850. The molecule has 0 aliphatic heterocycles. The zero-order valence-corrected chi connectivity index (χ0v) is 13.9. The van der Waals surface area contributed by atoms with Crippen molar-refractivity contribution in [2.75, 3.05) is 0 Å². The highest BCUT2D eigenvalue weighted by Gasteiger charge is 2.28. The smallest absolute Gasteiger partial charge is 0.349 e. The van der Waals surface area contributed by atoms with E-state index in [-0.39, 0.29) is 17.5 Å². The summed E-state index contributed by atoms with van der Waals surface area (Å²) in [6, 6.07) is 0.209. The highest BCUT2D eigenvalue weighted by Crippen LogP contribution is 2.28. The Hall–Kier alpha value is -2.22. The van der Waals surface area contributed by atoms with Crippen molar-refractivity contribution in [2.45, 2.75) is 45.8 Å². The van der Waals surface area contributed by atoms with Crippen LogP contribution in [0.5, 0.6) is 0 Å². The Kier molecular flexibility index (Phi) is 3.93. The van der Waals surface area contributed by atoms with E-state index >= 15 is 0 Å². The quantitative estimate of drug-likeness (QED) is 0.823. The second kappa shape index (κ2) is 5.77. The molecule has 0 bridgehead atoms. The van der Waals surface area contributed by atoms with Crippen LogP contribution in [0.25, 0.3) is 10.2 Å². The van der Waals surface area contributed by atoms with E-state index < -0.39 is 12.1 Å². The molecule has 122 valence electrons. The number of amides is 1. The molecule has 0 unspecified atom stereocenters. The number of thiophene rings is 1. The summed E-state index contributed by atoms with van der Waals surface area (Å²) in [7, 11) is 0. The van der Waals surface area contributed by atoms with Crippen LogP contribution in [0, 0.1) is 13.8 Å². The largest absolute Gasteiger partial charge is 0.448 e. The van der Waals surface area contributed by atoms with E-state index in [0.717, 1.165) is 24.2 Å². The minimum absolute atomic E-state index is 0.209. The molecule has 0 radical (unpaired) electrons. The van der Waals surface area contributed by atoms with E-state index in [1.54, 1.807) is 13.8 Å². The van der Waals surface area contributed by atoms with Gasteiger partial charge in [0.15, 0.2) is 6.10 Å². The molecule has 2 aromatic heterocycles.